The number of para-hydroxylation sites is 1. The molecule has 1 heterocycles. The molecule has 0 radical (unpaired) electrons. The summed E-state index contributed by atoms with van der Waals surface area (Å²) in [6.07, 6.45) is 1.26. The average molecular weight is 343 g/mol. The maximum absolute atomic E-state index is 13.2. The molecule has 5 nitrogen and oxygen atoms in total. The van der Waals surface area contributed by atoms with Gasteiger partial charge in [-0.2, -0.15) is 0 Å². The number of amides is 1. The molecular weight excluding hydrogens is 331 g/mol. The van der Waals surface area contributed by atoms with Gasteiger partial charge in [-0.25, -0.2) is 14.4 Å². The Balaban J connectivity index is 1.77. The fraction of sp³-hybridized carbons (Fsp3) is 0. The first-order chi connectivity index (χ1) is 11.6. The third kappa shape index (κ3) is 3.85. The lowest BCUT2D eigenvalue weighted by Crippen LogP contribution is -2.14. The van der Waals surface area contributed by atoms with E-state index in [0.29, 0.717) is 22.2 Å². The highest BCUT2D eigenvalue weighted by atomic mass is 35.5. The number of hydrogen-bond acceptors (Lipinski definition) is 4. The maximum Gasteiger partial charge on any atom is 0.274 e. The van der Waals surface area contributed by atoms with Crippen LogP contribution in [0.2, 0.25) is 5.02 Å². The van der Waals surface area contributed by atoms with E-state index in [9.17, 15) is 9.18 Å². The van der Waals surface area contributed by atoms with E-state index in [4.69, 9.17) is 11.6 Å². The molecule has 2 N–H and O–H groups in total. The van der Waals surface area contributed by atoms with E-state index in [1.54, 1.807) is 18.2 Å². The molecule has 0 aliphatic heterocycles. The Morgan fingerprint density at radius 3 is 2.67 bits per heavy atom. The molecule has 120 valence electrons. The van der Waals surface area contributed by atoms with Gasteiger partial charge in [0.25, 0.3) is 5.91 Å². The van der Waals surface area contributed by atoms with Gasteiger partial charge in [0.1, 0.15) is 23.7 Å². The van der Waals surface area contributed by atoms with Crippen LogP contribution in [-0.4, -0.2) is 15.9 Å². The Morgan fingerprint density at radius 2 is 1.88 bits per heavy atom. The van der Waals surface area contributed by atoms with Crippen molar-refractivity contribution in [1.29, 1.82) is 0 Å². The SMILES string of the molecule is O=C(Nc1cccc(F)c1)c1cc(Nc2ccccc2Cl)ncn1. The lowest BCUT2D eigenvalue weighted by molar-refractivity contribution is 0.102. The monoisotopic (exact) mass is 342 g/mol. The minimum atomic E-state index is -0.467. The molecule has 7 heteroatoms. The number of halogens is 2. The van der Waals surface area contributed by atoms with Crippen molar-refractivity contribution in [1.82, 2.24) is 9.97 Å². The van der Waals surface area contributed by atoms with Crippen molar-refractivity contribution < 1.29 is 9.18 Å². The van der Waals surface area contributed by atoms with E-state index < -0.39 is 11.7 Å². The molecule has 0 saturated heterocycles. The minimum Gasteiger partial charge on any atom is -0.339 e. The van der Waals surface area contributed by atoms with Gasteiger partial charge in [0.05, 0.1) is 10.7 Å². The summed E-state index contributed by atoms with van der Waals surface area (Å²) in [5, 5.41) is 6.13. The molecule has 0 aliphatic carbocycles. The van der Waals surface area contributed by atoms with Crippen LogP contribution in [0.3, 0.4) is 0 Å². The van der Waals surface area contributed by atoms with Crippen LogP contribution < -0.4 is 10.6 Å². The molecule has 0 aliphatic rings. The van der Waals surface area contributed by atoms with Gasteiger partial charge in [-0.1, -0.05) is 29.8 Å². The highest BCUT2D eigenvalue weighted by molar-refractivity contribution is 6.33. The Hall–Kier alpha value is -2.99. The predicted octanol–water partition coefficient (Wildman–Crippen LogP) is 4.27. The van der Waals surface area contributed by atoms with Crippen molar-refractivity contribution in [2.45, 2.75) is 0 Å². The number of hydrogen-bond donors (Lipinski definition) is 2. The molecule has 2 aromatic carbocycles. The topological polar surface area (TPSA) is 66.9 Å². The summed E-state index contributed by atoms with van der Waals surface area (Å²) in [6, 6.07) is 14.3. The summed E-state index contributed by atoms with van der Waals surface area (Å²) in [7, 11) is 0. The summed E-state index contributed by atoms with van der Waals surface area (Å²) in [5.41, 5.74) is 1.15. The summed E-state index contributed by atoms with van der Waals surface area (Å²) in [5.74, 6) is -0.482. The predicted molar refractivity (Wildman–Crippen MR) is 91.1 cm³/mol. The van der Waals surface area contributed by atoms with Crippen molar-refractivity contribution >= 4 is 34.7 Å². The Kier molecular flexibility index (Phi) is 4.67. The largest absolute Gasteiger partial charge is 0.339 e. The molecule has 0 fully saturated rings. The van der Waals surface area contributed by atoms with Crippen LogP contribution in [-0.2, 0) is 0 Å². The molecule has 3 aromatic rings. The lowest BCUT2D eigenvalue weighted by atomic mass is 10.3. The summed E-state index contributed by atoms with van der Waals surface area (Å²) in [4.78, 5) is 20.2. The molecule has 0 saturated carbocycles. The smallest absolute Gasteiger partial charge is 0.274 e. The molecular formula is C17H12ClFN4O. The molecule has 0 bridgehead atoms. The zero-order chi connectivity index (χ0) is 16.9. The van der Waals surface area contributed by atoms with Gasteiger partial charge in [0.2, 0.25) is 0 Å². The van der Waals surface area contributed by atoms with Gasteiger partial charge in [0, 0.05) is 11.8 Å². The van der Waals surface area contributed by atoms with Gasteiger partial charge in [-0.15, -0.1) is 0 Å². The summed E-state index contributed by atoms with van der Waals surface area (Å²) >= 11 is 6.08. The second-order valence-electron chi connectivity index (χ2n) is 4.86. The molecule has 3 rings (SSSR count). The number of carbonyl (C=O) groups excluding carboxylic acids is 1. The third-order valence-electron chi connectivity index (χ3n) is 3.12. The minimum absolute atomic E-state index is 0.142. The molecule has 0 atom stereocenters. The molecule has 1 amide bonds. The first-order valence-corrected chi connectivity index (χ1v) is 7.40. The van der Waals surface area contributed by atoms with E-state index in [1.165, 1.54) is 30.6 Å². The third-order valence-corrected chi connectivity index (χ3v) is 3.45. The maximum atomic E-state index is 13.2. The van der Waals surface area contributed by atoms with Gasteiger partial charge < -0.3 is 10.6 Å². The fourth-order valence-electron chi connectivity index (χ4n) is 2.01. The number of anilines is 3. The van der Waals surface area contributed by atoms with Crippen LogP contribution in [0.15, 0.2) is 60.9 Å². The van der Waals surface area contributed by atoms with Crippen molar-refractivity contribution in [2.24, 2.45) is 0 Å². The van der Waals surface area contributed by atoms with Gasteiger partial charge in [0.15, 0.2) is 0 Å². The number of nitrogens with zero attached hydrogens (tertiary/aromatic N) is 2. The van der Waals surface area contributed by atoms with Gasteiger partial charge in [-0.05, 0) is 30.3 Å². The normalized spacial score (nSPS) is 10.2. The number of nitrogens with one attached hydrogen (secondary N) is 2. The quantitative estimate of drug-likeness (QED) is 0.743. The summed E-state index contributed by atoms with van der Waals surface area (Å²) < 4.78 is 13.2. The standard InChI is InChI=1S/C17H12ClFN4O/c18-13-6-1-2-7-14(13)23-16-9-15(20-10-21-16)17(24)22-12-5-3-4-11(19)8-12/h1-10H,(H,22,24)(H,20,21,23). The van der Waals surface area contributed by atoms with E-state index in [2.05, 4.69) is 20.6 Å². The van der Waals surface area contributed by atoms with Crippen LogP contribution in [0, 0.1) is 5.82 Å². The van der Waals surface area contributed by atoms with Gasteiger partial charge >= 0.3 is 0 Å². The van der Waals surface area contributed by atoms with Crippen LogP contribution in [0.5, 0.6) is 0 Å². The molecule has 0 spiro atoms. The Labute approximate surface area is 142 Å². The molecule has 24 heavy (non-hydrogen) atoms. The highest BCUT2D eigenvalue weighted by Crippen LogP contribution is 2.23. The lowest BCUT2D eigenvalue weighted by Gasteiger charge is -2.09. The second-order valence-corrected chi connectivity index (χ2v) is 5.27. The average Bonchev–Trinajstić information content (AvgIpc) is 2.57. The van der Waals surface area contributed by atoms with Crippen molar-refractivity contribution in [3.05, 3.63) is 77.5 Å². The van der Waals surface area contributed by atoms with Crippen LogP contribution in [0.1, 0.15) is 10.5 Å². The summed E-state index contributed by atoms with van der Waals surface area (Å²) in [6.45, 7) is 0. The first-order valence-electron chi connectivity index (χ1n) is 7.02. The number of aromatic nitrogens is 2. The van der Waals surface area contributed by atoms with Gasteiger partial charge in [-0.3, -0.25) is 4.79 Å². The zero-order valence-electron chi connectivity index (χ0n) is 12.3. The number of benzene rings is 2. The Morgan fingerprint density at radius 1 is 1.04 bits per heavy atom. The van der Waals surface area contributed by atoms with E-state index in [1.807, 2.05) is 12.1 Å². The molecule has 0 unspecified atom stereocenters. The van der Waals surface area contributed by atoms with E-state index >= 15 is 0 Å². The van der Waals surface area contributed by atoms with Crippen molar-refractivity contribution in [2.75, 3.05) is 10.6 Å². The number of carbonyl (C=O) groups is 1. The van der Waals surface area contributed by atoms with Crippen molar-refractivity contribution in [3.63, 3.8) is 0 Å². The highest BCUT2D eigenvalue weighted by Gasteiger charge is 2.10. The zero-order valence-corrected chi connectivity index (χ0v) is 13.1. The first kappa shape index (κ1) is 15.9. The van der Waals surface area contributed by atoms with Crippen LogP contribution in [0.25, 0.3) is 0 Å². The fourth-order valence-corrected chi connectivity index (χ4v) is 2.19. The van der Waals surface area contributed by atoms with E-state index in [0.717, 1.165) is 0 Å². The van der Waals surface area contributed by atoms with Crippen molar-refractivity contribution in [3.8, 4) is 0 Å². The molecule has 1 aromatic heterocycles. The second kappa shape index (κ2) is 7.06. The van der Waals surface area contributed by atoms with Crippen LogP contribution in [0.4, 0.5) is 21.6 Å². The Bertz CT molecular complexity index is 888. The number of rotatable bonds is 4. The van der Waals surface area contributed by atoms with E-state index in [-0.39, 0.29) is 5.69 Å². The van der Waals surface area contributed by atoms with Crippen LogP contribution >= 0.6 is 11.6 Å².